The maximum Gasteiger partial charge on any atom is 0.100 e. The van der Waals surface area contributed by atoms with Gasteiger partial charge in [-0.05, 0) is 20.3 Å². The zero-order valence-electron chi connectivity index (χ0n) is 9.50. The minimum absolute atomic E-state index is 0.556. The second-order valence-corrected chi connectivity index (χ2v) is 5.53. The van der Waals surface area contributed by atoms with E-state index < -0.39 is 0 Å². The average Bonchev–Trinajstić information content (AvgIpc) is 2.84. The summed E-state index contributed by atoms with van der Waals surface area (Å²) in [6.45, 7) is 5.18. The van der Waals surface area contributed by atoms with Gasteiger partial charge in [0.15, 0.2) is 0 Å². The minimum atomic E-state index is 0.556. The lowest BCUT2D eigenvalue weighted by molar-refractivity contribution is 0.699. The molecule has 0 radical (unpaired) electrons. The van der Waals surface area contributed by atoms with Crippen LogP contribution in [0.4, 0.5) is 11.4 Å². The van der Waals surface area contributed by atoms with Crippen LogP contribution in [0.15, 0.2) is 11.1 Å². The van der Waals surface area contributed by atoms with Crippen molar-refractivity contribution in [2.45, 2.75) is 26.3 Å². The van der Waals surface area contributed by atoms with Gasteiger partial charge in [-0.25, -0.2) is 0 Å². The lowest BCUT2D eigenvalue weighted by Crippen LogP contribution is -2.18. The standard InChI is InChI=1S/C12H15N3S/c1-7-3-4-9(15-7)12-11-10(8(2)16-12)13-5-6-14-11/h4-5,7,14-15H,3,6H2,1-2H3. The van der Waals surface area contributed by atoms with E-state index >= 15 is 0 Å². The molecule has 84 valence electrons. The maximum atomic E-state index is 4.47. The second-order valence-electron chi connectivity index (χ2n) is 4.30. The summed E-state index contributed by atoms with van der Waals surface area (Å²) in [5.74, 6) is 0. The van der Waals surface area contributed by atoms with Crippen molar-refractivity contribution in [3.63, 3.8) is 0 Å². The molecule has 0 bridgehead atoms. The monoisotopic (exact) mass is 233 g/mol. The number of nitrogens with one attached hydrogen (secondary N) is 2. The van der Waals surface area contributed by atoms with Crippen LogP contribution in [0, 0.1) is 6.92 Å². The van der Waals surface area contributed by atoms with Crippen LogP contribution in [0.1, 0.15) is 23.1 Å². The molecule has 1 atom stereocenters. The van der Waals surface area contributed by atoms with Gasteiger partial charge < -0.3 is 10.6 Å². The minimum Gasteiger partial charge on any atom is -0.381 e. The van der Waals surface area contributed by atoms with Gasteiger partial charge in [0.2, 0.25) is 0 Å². The lowest BCUT2D eigenvalue weighted by atomic mass is 10.2. The third-order valence-electron chi connectivity index (χ3n) is 2.97. The fraction of sp³-hybridized carbons (Fsp3) is 0.417. The van der Waals surface area contributed by atoms with Gasteiger partial charge >= 0.3 is 0 Å². The first-order valence-electron chi connectivity index (χ1n) is 5.62. The first-order chi connectivity index (χ1) is 7.75. The van der Waals surface area contributed by atoms with Crippen molar-refractivity contribution in [1.29, 1.82) is 0 Å². The van der Waals surface area contributed by atoms with Crippen molar-refractivity contribution in [1.82, 2.24) is 5.32 Å². The normalized spacial score (nSPS) is 22.4. The topological polar surface area (TPSA) is 36.4 Å². The van der Waals surface area contributed by atoms with E-state index in [9.17, 15) is 0 Å². The van der Waals surface area contributed by atoms with E-state index in [-0.39, 0.29) is 0 Å². The first-order valence-corrected chi connectivity index (χ1v) is 6.44. The molecule has 2 N–H and O–H groups in total. The quantitative estimate of drug-likeness (QED) is 0.782. The third kappa shape index (κ3) is 1.45. The number of nitrogens with zero attached hydrogens (tertiary/aromatic N) is 1. The summed E-state index contributed by atoms with van der Waals surface area (Å²) in [6.07, 6.45) is 5.34. The van der Waals surface area contributed by atoms with Crippen LogP contribution in [-0.4, -0.2) is 18.8 Å². The van der Waals surface area contributed by atoms with Crippen LogP contribution < -0.4 is 10.6 Å². The second kappa shape index (κ2) is 3.63. The summed E-state index contributed by atoms with van der Waals surface area (Å²) >= 11 is 1.82. The summed E-state index contributed by atoms with van der Waals surface area (Å²) in [5, 5.41) is 6.94. The molecule has 0 amide bonds. The predicted molar refractivity (Wildman–Crippen MR) is 70.9 cm³/mol. The van der Waals surface area contributed by atoms with Crippen LogP contribution in [0.5, 0.6) is 0 Å². The highest BCUT2D eigenvalue weighted by Gasteiger charge is 2.22. The predicted octanol–water partition coefficient (Wildman–Crippen LogP) is 2.91. The molecule has 4 heteroatoms. The smallest absolute Gasteiger partial charge is 0.100 e. The number of aliphatic imine (C=N–C) groups is 1. The third-order valence-corrected chi connectivity index (χ3v) is 4.09. The fourth-order valence-electron chi connectivity index (χ4n) is 2.17. The van der Waals surface area contributed by atoms with E-state index in [0.29, 0.717) is 6.04 Å². The highest BCUT2D eigenvalue weighted by molar-refractivity contribution is 7.14. The van der Waals surface area contributed by atoms with E-state index in [4.69, 9.17) is 0 Å². The molecule has 0 aliphatic carbocycles. The summed E-state index contributed by atoms with van der Waals surface area (Å²) in [5.41, 5.74) is 3.60. The number of aryl methyl sites for hydroxylation is 1. The zero-order valence-corrected chi connectivity index (χ0v) is 10.3. The summed E-state index contributed by atoms with van der Waals surface area (Å²) in [4.78, 5) is 7.07. The van der Waals surface area contributed by atoms with E-state index in [1.54, 1.807) is 0 Å². The van der Waals surface area contributed by atoms with E-state index in [1.165, 1.54) is 21.1 Å². The number of hydrogen-bond donors (Lipinski definition) is 2. The molecule has 2 aliphatic rings. The lowest BCUT2D eigenvalue weighted by Gasteiger charge is -2.12. The molecule has 1 aromatic rings. The van der Waals surface area contributed by atoms with Crippen LogP contribution in [0.25, 0.3) is 5.70 Å². The molecule has 1 unspecified atom stereocenters. The Kier molecular flexibility index (Phi) is 2.24. The molecular formula is C12H15N3S. The number of anilines is 1. The van der Waals surface area contributed by atoms with Gasteiger partial charge in [0, 0.05) is 22.8 Å². The maximum absolute atomic E-state index is 4.47. The fourth-order valence-corrected chi connectivity index (χ4v) is 3.25. The van der Waals surface area contributed by atoms with Gasteiger partial charge in [0.25, 0.3) is 0 Å². The van der Waals surface area contributed by atoms with Crippen molar-refractivity contribution in [2.75, 3.05) is 11.9 Å². The van der Waals surface area contributed by atoms with Gasteiger partial charge in [-0.1, -0.05) is 6.08 Å². The van der Waals surface area contributed by atoms with Crippen LogP contribution in [0.3, 0.4) is 0 Å². The SMILES string of the molecule is Cc1sc(C2=CCC(C)N2)c2c1N=CCN2. The number of rotatable bonds is 1. The van der Waals surface area contributed by atoms with Crippen molar-refractivity contribution >= 4 is 34.6 Å². The Hall–Kier alpha value is -1.29. The van der Waals surface area contributed by atoms with E-state index in [1.807, 2.05) is 17.6 Å². The molecule has 3 rings (SSSR count). The zero-order chi connectivity index (χ0) is 11.1. The number of hydrogen-bond acceptors (Lipinski definition) is 4. The molecule has 0 fully saturated rings. The Labute approximate surface area is 99.3 Å². The molecular weight excluding hydrogens is 218 g/mol. The van der Waals surface area contributed by atoms with Crippen molar-refractivity contribution in [3.8, 4) is 0 Å². The molecule has 0 aromatic carbocycles. The van der Waals surface area contributed by atoms with E-state index in [0.717, 1.165) is 18.7 Å². The molecule has 3 heterocycles. The molecule has 0 spiro atoms. The van der Waals surface area contributed by atoms with Crippen LogP contribution >= 0.6 is 11.3 Å². The van der Waals surface area contributed by atoms with Gasteiger partial charge in [0.1, 0.15) is 5.69 Å². The summed E-state index contributed by atoms with van der Waals surface area (Å²) < 4.78 is 0. The Balaban J connectivity index is 2.05. The molecule has 0 saturated heterocycles. The number of thiophene rings is 1. The van der Waals surface area contributed by atoms with Crippen LogP contribution in [-0.2, 0) is 0 Å². The Morgan fingerprint density at radius 2 is 2.38 bits per heavy atom. The summed E-state index contributed by atoms with van der Waals surface area (Å²) in [6, 6.07) is 0.556. The van der Waals surface area contributed by atoms with Crippen molar-refractivity contribution in [3.05, 3.63) is 15.8 Å². The average molecular weight is 233 g/mol. The Morgan fingerprint density at radius 1 is 1.50 bits per heavy atom. The van der Waals surface area contributed by atoms with Gasteiger partial charge in [0.05, 0.1) is 17.1 Å². The molecule has 1 aromatic heterocycles. The van der Waals surface area contributed by atoms with Gasteiger partial charge in [-0.2, -0.15) is 0 Å². The van der Waals surface area contributed by atoms with Crippen molar-refractivity contribution in [2.24, 2.45) is 4.99 Å². The van der Waals surface area contributed by atoms with Gasteiger partial charge in [-0.15, -0.1) is 11.3 Å². The Bertz CT molecular complexity index is 485. The molecule has 16 heavy (non-hydrogen) atoms. The van der Waals surface area contributed by atoms with Crippen LogP contribution in [0.2, 0.25) is 0 Å². The largest absolute Gasteiger partial charge is 0.381 e. The van der Waals surface area contributed by atoms with Crippen molar-refractivity contribution < 1.29 is 0 Å². The first kappa shape index (κ1) is 9.90. The molecule has 2 aliphatic heterocycles. The molecule has 0 saturated carbocycles. The highest BCUT2D eigenvalue weighted by Crippen LogP contribution is 2.44. The molecule has 3 nitrogen and oxygen atoms in total. The Morgan fingerprint density at radius 3 is 3.12 bits per heavy atom. The van der Waals surface area contributed by atoms with E-state index in [2.05, 4.69) is 35.5 Å². The number of fused-ring (bicyclic) bond motifs is 1. The summed E-state index contributed by atoms with van der Waals surface area (Å²) in [7, 11) is 0. The van der Waals surface area contributed by atoms with Gasteiger partial charge in [-0.3, -0.25) is 4.99 Å². The highest BCUT2D eigenvalue weighted by atomic mass is 32.1.